The number of amides is 2. The number of nitrogens with zero attached hydrogens (tertiary/aromatic N) is 2. The maximum absolute atomic E-state index is 13.6. The molecule has 0 spiro atoms. The predicted octanol–water partition coefficient (Wildman–Crippen LogP) is -2.77. The molecule has 0 bridgehead atoms. The van der Waals surface area contributed by atoms with Gasteiger partial charge in [-0.05, 0) is 49.4 Å². The molecular formula is C25H33N3Na2O5. The van der Waals surface area contributed by atoms with Gasteiger partial charge in [0.2, 0.25) is 0 Å². The van der Waals surface area contributed by atoms with Gasteiger partial charge < -0.3 is 23.7 Å². The van der Waals surface area contributed by atoms with Gasteiger partial charge in [0, 0.05) is 25.2 Å². The van der Waals surface area contributed by atoms with Crippen molar-refractivity contribution >= 4 is 23.7 Å². The second kappa shape index (κ2) is 15.7. The fourth-order valence-electron chi connectivity index (χ4n) is 4.23. The van der Waals surface area contributed by atoms with Gasteiger partial charge in [-0.2, -0.15) is 0 Å². The van der Waals surface area contributed by atoms with Gasteiger partial charge >= 0.3 is 77.1 Å². The minimum atomic E-state index is -1.08. The number of unbranched alkanes of at least 4 members (excludes halogenated alkanes) is 1. The van der Waals surface area contributed by atoms with Crippen molar-refractivity contribution in [2.75, 3.05) is 24.5 Å². The van der Waals surface area contributed by atoms with Crippen LogP contribution in [0.4, 0.5) is 10.5 Å². The van der Waals surface area contributed by atoms with Gasteiger partial charge in [0.15, 0.2) is 0 Å². The predicted molar refractivity (Wildman–Crippen MR) is 127 cm³/mol. The van der Waals surface area contributed by atoms with Crippen LogP contribution in [0.2, 0.25) is 0 Å². The first-order valence-electron chi connectivity index (χ1n) is 11.3. The third-order valence-electron chi connectivity index (χ3n) is 6.03. The van der Waals surface area contributed by atoms with Crippen LogP contribution in [0.1, 0.15) is 33.2 Å². The molecule has 35 heavy (non-hydrogen) atoms. The van der Waals surface area contributed by atoms with Gasteiger partial charge in [-0.1, -0.05) is 48.5 Å². The number of hydrogen-bond donors (Lipinski definition) is 3. The quantitative estimate of drug-likeness (QED) is 0.226. The monoisotopic (exact) mass is 501 g/mol. The zero-order valence-electron chi connectivity index (χ0n) is 22.6. The third-order valence-corrected chi connectivity index (χ3v) is 6.03. The molecule has 10 heteroatoms. The Bertz CT molecular complexity index is 988. The van der Waals surface area contributed by atoms with E-state index in [-0.39, 0.29) is 74.9 Å². The first kappa shape index (κ1) is 31.6. The number of aliphatic carboxylic acids is 2. The number of carboxylic acids is 2. The Hall–Kier alpha value is -1.39. The molecule has 8 nitrogen and oxygen atoms in total. The van der Waals surface area contributed by atoms with E-state index >= 15 is 0 Å². The molecule has 0 saturated carbocycles. The number of hydrogen-bond acceptors (Lipinski definition) is 4. The number of urea groups is 1. The SMILES string of the molecule is NCCCCN(C[C@@H](CCc1ccccc1)C(=O)O)C(=O)N1c2ccccc2CC1C(=O)O.[H-].[H-].[Na+].[Na+]. The number of nitrogens with two attached hydrogens (primary N) is 1. The molecule has 2 aromatic carbocycles. The van der Waals surface area contributed by atoms with Crippen molar-refractivity contribution in [2.45, 2.75) is 38.1 Å². The van der Waals surface area contributed by atoms with E-state index in [0.29, 0.717) is 44.5 Å². The zero-order valence-corrected chi connectivity index (χ0v) is 24.6. The summed E-state index contributed by atoms with van der Waals surface area (Å²) in [6.45, 7) is 0.787. The normalized spacial score (nSPS) is 14.8. The summed E-state index contributed by atoms with van der Waals surface area (Å²) in [4.78, 5) is 40.4. The summed E-state index contributed by atoms with van der Waals surface area (Å²) in [6.07, 6.45) is 2.47. The average molecular weight is 502 g/mol. The maximum Gasteiger partial charge on any atom is 1.00 e. The van der Waals surface area contributed by atoms with Crippen molar-refractivity contribution in [3.8, 4) is 0 Å². The van der Waals surface area contributed by atoms with E-state index in [1.54, 1.807) is 12.1 Å². The molecule has 0 fully saturated rings. The number of aryl methyl sites for hydroxylation is 1. The maximum atomic E-state index is 13.6. The van der Waals surface area contributed by atoms with Crippen molar-refractivity contribution in [1.29, 1.82) is 0 Å². The first-order valence-corrected chi connectivity index (χ1v) is 11.3. The van der Waals surface area contributed by atoms with Gasteiger partial charge in [0.1, 0.15) is 6.04 Å². The van der Waals surface area contributed by atoms with E-state index in [4.69, 9.17) is 5.73 Å². The topological polar surface area (TPSA) is 124 Å². The van der Waals surface area contributed by atoms with Crippen LogP contribution in [0, 0.1) is 5.92 Å². The van der Waals surface area contributed by atoms with E-state index in [0.717, 1.165) is 11.1 Å². The summed E-state index contributed by atoms with van der Waals surface area (Å²) in [7, 11) is 0. The van der Waals surface area contributed by atoms with Crippen LogP contribution in [-0.2, 0) is 22.4 Å². The van der Waals surface area contributed by atoms with Crippen LogP contribution in [0.25, 0.3) is 0 Å². The number of carboxylic acid groups (broad SMARTS) is 2. The molecule has 2 amide bonds. The second-order valence-electron chi connectivity index (χ2n) is 8.34. The average Bonchev–Trinajstić information content (AvgIpc) is 3.21. The Morgan fingerprint density at radius 2 is 1.69 bits per heavy atom. The standard InChI is InChI=1S/C25H31N3O5.2Na.2H/c26-14-6-7-15-27(17-20(23(29)30)13-12-18-8-2-1-3-9-18)25(33)28-21-11-5-4-10-19(21)16-22(28)24(31)32;;;;/h1-5,8-11,20,22H,6-7,12-17,26H2,(H,29,30)(H,31,32);;;;/q;2*+1;2*-1/t20-,22?;;;;/m1..../s1. The Kier molecular flexibility index (Phi) is 14.2. The van der Waals surface area contributed by atoms with Gasteiger partial charge in [0.05, 0.1) is 5.92 Å². The van der Waals surface area contributed by atoms with E-state index < -0.39 is 29.9 Å². The van der Waals surface area contributed by atoms with Crippen LogP contribution < -0.4 is 69.7 Å². The number of para-hydroxylation sites is 1. The summed E-state index contributed by atoms with van der Waals surface area (Å²) < 4.78 is 0. The summed E-state index contributed by atoms with van der Waals surface area (Å²) in [6, 6.07) is 15.3. The number of rotatable bonds is 11. The molecule has 1 aliphatic rings. The number of fused-ring (bicyclic) bond motifs is 1. The van der Waals surface area contributed by atoms with Gasteiger partial charge in [-0.25, -0.2) is 9.59 Å². The largest absolute Gasteiger partial charge is 1.00 e. The molecule has 1 aliphatic heterocycles. The Morgan fingerprint density at radius 1 is 1.03 bits per heavy atom. The summed E-state index contributed by atoms with van der Waals surface area (Å²) in [5.41, 5.74) is 8.00. The second-order valence-corrected chi connectivity index (χ2v) is 8.34. The first-order chi connectivity index (χ1) is 15.9. The number of carbonyl (C=O) groups excluding carboxylic acids is 1. The van der Waals surface area contributed by atoms with Crippen LogP contribution in [-0.4, -0.2) is 58.8 Å². The zero-order chi connectivity index (χ0) is 23.8. The molecular weight excluding hydrogens is 468 g/mol. The third kappa shape index (κ3) is 8.60. The minimum Gasteiger partial charge on any atom is -1.00 e. The molecule has 1 unspecified atom stereocenters. The molecule has 0 aliphatic carbocycles. The molecule has 180 valence electrons. The molecule has 0 radical (unpaired) electrons. The van der Waals surface area contributed by atoms with E-state index in [1.165, 1.54) is 9.80 Å². The van der Waals surface area contributed by atoms with E-state index in [1.807, 2.05) is 42.5 Å². The Labute approximate surface area is 253 Å². The number of anilines is 1. The van der Waals surface area contributed by atoms with Gasteiger partial charge in [-0.15, -0.1) is 0 Å². The van der Waals surface area contributed by atoms with Crippen molar-refractivity contribution in [1.82, 2.24) is 4.90 Å². The molecule has 2 atom stereocenters. The molecule has 2 aromatic rings. The Balaban J connectivity index is 0. The molecule has 0 aromatic heterocycles. The van der Waals surface area contributed by atoms with Crippen molar-refractivity contribution in [3.05, 3.63) is 65.7 Å². The molecule has 0 saturated heterocycles. The summed E-state index contributed by atoms with van der Waals surface area (Å²) in [5.74, 6) is -2.83. The van der Waals surface area contributed by atoms with E-state index in [9.17, 15) is 24.6 Å². The van der Waals surface area contributed by atoms with Crippen molar-refractivity contribution in [2.24, 2.45) is 11.7 Å². The molecule has 1 heterocycles. The summed E-state index contributed by atoms with van der Waals surface area (Å²) in [5, 5.41) is 19.6. The fraction of sp³-hybridized carbons (Fsp3) is 0.400. The van der Waals surface area contributed by atoms with Crippen LogP contribution in [0.15, 0.2) is 54.6 Å². The number of benzene rings is 2. The fourth-order valence-corrected chi connectivity index (χ4v) is 4.23. The van der Waals surface area contributed by atoms with E-state index in [2.05, 4.69) is 0 Å². The summed E-state index contributed by atoms with van der Waals surface area (Å²) >= 11 is 0. The van der Waals surface area contributed by atoms with Crippen LogP contribution >= 0.6 is 0 Å². The van der Waals surface area contributed by atoms with Crippen LogP contribution in [0.3, 0.4) is 0 Å². The van der Waals surface area contributed by atoms with Gasteiger partial charge in [0.25, 0.3) is 0 Å². The van der Waals surface area contributed by atoms with Gasteiger partial charge in [-0.3, -0.25) is 9.69 Å². The Morgan fingerprint density at radius 3 is 2.31 bits per heavy atom. The minimum absolute atomic E-state index is 0. The smallest absolute Gasteiger partial charge is 1.00 e. The number of carbonyl (C=O) groups is 3. The molecule has 3 rings (SSSR count). The van der Waals surface area contributed by atoms with Crippen LogP contribution in [0.5, 0.6) is 0 Å². The van der Waals surface area contributed by atoms with Crippen molar-refractivity contribution in [3.63, 3.8) is 0 Å². The molecule has 4 N–H and O–H groups in total. The van der Waals surface area contributed by atoms with Crippen molar-refractivity contribution < 1.29 is 86.6 Å².